The number of thioether (sulfide) groups is 3. The van der Waals surface area contributed by atoms with E-state index in [2.05, 4.69) is 106 Å². The van der Waals surface area contributed by atoms with Gasteiger partial charge in [-0.05, 0) is 142 Å². The number of carbonyl (C=O) groups excluding carboxylic acids is 2. The van der Waals surface area contributed by atoms with Crippen LogP contribution in [-0.4, -0.2) is 123 Å². The van der Waals surface area contributed by atoms with Gasteiger partial charge in [0.05, 0.1) is 25.0 Å². The summed E-state index contributed by atoms with van der Waals surface area (Å²) in [6, 6.07) is 0. The van der Waals surface area contributed by atoms with Gasteiger partial charge in [-0.2, -0.15) is 35.3 Å². The number of ether oxygens (including phenoxy) is 2. The van der Waals surface area contributed by atoms with Crippen LogP contribution in [0.3, 0.4) is 0 Å². The zero-order valence-electron chi connectivity index (χ0n) is 45.6. The Bertz CT molecular complexity index is 1170. The molecule has 1 N–H and O–H groups in total. The van der Waals surface area contributed by atoms with Crippen molar-refractivity contribution in [2.45, 2.75) is 230 Å². The van der Waals surface area contributed by atoms with E-state index in [1.807, 2.05) is 7.05 Å². The quantitative estimate of drug-likeness (QED) is 0.0472. The van der Waals surface area contributed by atoms with Gasteiger partial charge in [0.25, 0.3) is 0 Å². The van der Waals surface area contributed by atoms with E-state index in [4.69, 9.17) is 9.47 Å². The summed E-state index contributed by atoms with van der Waals surface area (Å²) in [6.07, 6.45) is 36.3. The minimum absolute atomic E-state index is 0.0810. The average Bonchev–Trinajstić information content (AvgIpc) is 3.30. The summed E-state index contributed by atoms with van der Waals surface area (Å²) < 4.78 is 11.6. The number of unbranched alkanes of at least 4 members (excludes halogenated alkanes) is 17. The summed E-state index contributed by atoms with van der Waals surface area (Å²) in [4.78, 5) is 30.5. The van der Waals surface area contributed by atoms with Crippen LogP contribution in [-0.2, 0) is 19.1 Å². The molecule has 0 radical (unpaired) electrons. The zero-order chi connectivity index (χ0) is 48.9. The van der Waals surface area contributed by atoms with E-state index in [1.165, 1.54) is 159 Å². The minimum Gasteiger partial charge on any atom is -0.465 e. The summed E-state index contributed by atoms with van der Waals surface area (Å²) in [5, 5.41) is 5.33. The first kappa shape index (κ1) is 63.0. The Morgan fingerprint density at radius 3 is 1.42 bits per heavy atom. The third-order valence-electron chi connectivity index (χ3n) is 15.1. The molecule has 0 aromatic carbocycles. The maximum absolute atomic E-state index is 13.2. The van der Waals surface area contributed by atoms with Gasteiger partial charge < -0.3 is 24.6 Å². The van der Waals surface area contributed by atoms with E-state index in [0.717, 1.165) is 92.2 Å². The number of esters is 2. The van der Waals surface area contributed by atoms with Gasteiger partial charge in [-0.3, -0.25) is 9.59 Å². The van der Waals surface area contributed by atoms with Crippen LogP contribution in [0.2, 0.25) is 0 Å². The van der Waals surface area contributed by atoms with Gasteiger partial charge in [0.2, 0.25) is 0 Å². The smallest absolute Gasteiger partial charge is 0.308 e. The normalized spacial score (nSPS) is 21.1. The second-order valence-electron chi connectivity index (χ2n) is 22.3. The minimum atomic E-state index is 0.0810. The van der Waals surface area contributed by atoms with Gasteiger partial charge >= 0.3 is 11.9 Å². The van der Waals surface area contributed by atoms with Crippen LogP contribution < -0.4 is 5.32 Å². The van der Waals surface area contributed by atoms with Crippen LogP contribution >= 0.6 is 35.3 Å². The van der Waals surface area contributed by atoms with E-state index in [-0.39, 0.29) is 23.8 Å². The Balaban J connectivity index is 1.38. The summed E-state index contributed by atoms with van der Waals surface area (Å²) >= 11 is 6.42. The molecule has 0 heterocycles. The zero-order valence-corrected chi connectivity index (χ0v) is 48.1. The molecule has 0 aliphatic heterocycles. The average molecular weight is 999 g/mol. The number of hydrogen-bond acceptors (Lipinski definition) is 10. The van der Waals surface area contributed by atoms with Crippen LogP contribution in [0.5, 0.6) is 0 Å². The fraction of sp³-hybridized carbons (Fsp3) is 0.965. The van der Waals surface area contributed by atoms with Crippen LogP contribution in [0.4, 0.5) is 0 Å². The maximum atomic E-state index is 13.2. The Morgan fingerprint density at radius 2 is 0.955 bits per heavy atom. The molecule has 0 spiro atoms. The highest BCUT2D eigenvalue weighted by Crippen LogP contribution is 2.41. The number of nitrogens with one attached hydrogen (secondary N) is 1. The lowest BCUT2D eigenvalue weighted by molar-refractivity contribution is -0.151. The highest BCUT2D eigenvalue weighted by atomic mass is 32.2. The van der Waals surface area contributed by atoms with E-state index in [9.17, 15) is 9.59 Å². The number of carbonyl (C=O) groups is 2. The van der Waals surface area contributed by atoms with Crippen molar-refractivity contribution in [3.63, 3.8) is 0 Å². The Hall–Kier alpha value is -0.130. The molecule has 7 nitrogen and oxygen atoms in total. The highest BCUT2D eigenvalue weighted by Gasteiger charge is 2.35. The molecule has 5 atom stereocenters. The van der Waals surface area contributed by atoms with Crippen molar-refractivity contribution in [1.29, 1.82) is 0 Å². The van der Waals surface area contributed by atoms with Crippen LogP contribution in [0.15, 0.2) is 0 Å². The van der Waals surface area contributed by atoms with Gasteiger partial charge in [0.1, 0.15) is 0 Å². The molecule has 10 heteroatoms. The fourth-order valence-corrected chi connectivity index (χ4v) is 14.8. The number of hydrogen-bond donors (Lipinski definition) is 1. The summed E-state index contributed by atoms with van der Waals surface area (Å²) in [5.41, 5.74) is 0. The molecule has 0 amide bonds. The second-order valence-corrected chi connectivity index (χ2v) is 26.3. The molecule has 5 unspecified atom stereocenters. The Kier molecular flexibility index (Phi) is 38.9. The van der Waals surface area contributed by atoms with Crippen molar-refractivity contribution in [2.24, 2.45) is 35.5 Å². The number of nitrogens with zero attached hydrogens (tertiary/aromatic N) is 2. The lowest BCUT2D eigenvalue weighted by Crippen LogP contribution is -2.33. The van der Waals surface area contributed by atoms with Gasteiger partial charge in [-0.15, -0.1) is 0 Å². The third kappa shape index (κ3) is 32.5. The van der Waals surface area contributed by atoms with E-state index >= 15 is 0 Å². The van der Waals surface area contributed by atoms with Crippen molar-refractivity contribution < 1.29 is 19.1 Å². The second kappa shape index (κ2) is 41.4. The van der Waals surface area contributed by atoms with Gasteiger partial charge in [-0.1, -0.05) is 130 Å². The van der Waals surface area contributed by atoms with Crippen LogP contribution in [0.1, 0.15) is 214 Å². The Morgan fingerprint density at radius 1 is 0.537 bits per heavy atom. The van der Waals surface area contributed by atoms with Crippen molar-refractivity contribution in [2.75, 3.05) is 85.3 Å². The predicted octanol–water partition coefficient (Wildman–Crippen LogP) is 14.8. The molecule has 0 bridgehead atoms. The molecular formula is C57H111N3O4S3. The predicted molar refractivity (Wildman–Crippen MR) is 299 cm³/mol. The monoisotopic (exact) mass is 998 g/mol. The largest absolute Gasteiger partial charge is 0.465 e. The number of rotatable bonds is 43. The molecule has 2 fully saturated rings. The van der Waals surface area contributed by atoms with Crippen LogP contribution in [0, 0.1) is 35.5 Å². The molecule has 0 aromatic heterocycles. The summed E-state index contributed by atoms with van der Waals surface area (Å²) in [6.45, 7) is 14.1. The van der Waals surface area contributed by atoms with Crippen LogP contribution in [0.25, 0.3) is 0 Å². The fourth-order valence-electron chi connectivity index (χ4n) is 10.3. The third-order valence-corrected chi connectivity index (χ3v) is 19.8. The van der Waals surface area contributed by atoms with Gasteiger partial charge in [0, 0.05) is 52.6 Å². The van der Waals surface area contributed by atoms with E-state index < -0.39 is 0 Å². The topological polar surface area (TPSA) is 71.1 Å². The van der Waals surface area contributed by atoms with Gasteiger partial charge in [0.15, 0.2) is 0 Å². The van der Waals surface area contributed by atoms with Crippen molar-refractivity contribution >= 4 is 47.2 Å². The summed E-state index contributed by atoms with van der Waals surface area (Å²) in [7, 11) is 10.7. The molecule has 2 aliphatic carbocycles. The molecule has 67 heavy (non-hydrogen) atoms. The molecule has 0 saturated heterocycles. The van der Waals surface area contributed by atoms with E-state index in [0.29, 0.717) is 24.4 Å². The van der Waals surface area contributed by atoms with Crippen molar-refractivity contribution in [3.05, 3.63) is 0 Å². The van der Waals surface area contributed by atoms with Gasteiger partial charge in [-0.25, -0.2) is 0 Å². The lowest BCUT2D eigenvalue weighted by atomic mass is 9.79. The standard InChI is InChI=1S/C57H111N3O4S3/c1-47(2)53(65-43-38-58-5)36-30-49-28-31-51(32-29-49)56(61)63-41-26-24-22-20-18-16-14-12-10-11-13-15-17-19-21-23-25-27-42-64-57(62)52-34-33-50(55(46-52)67-45-40-60(8)9)35-37-54(48(3)4)66-44-39-59(6)7/h47-55,58H,10-46H2,1-9H3. The molecule has 0 aromatic rings. The molecule has 2 saturated carbocycles. The Labute approximate surface area is 429 Å². The highest BCUT2D eigenvalue weighted by molar-refractivity contribution is 8.00. The lowest BCUT2D eigenvalue weighted by Gasteiger charge is -2.36. The maximum Gasteiger partial charge on any atom is 0.308 e. The first-order valence-electron chi connectivity index (χ1n) is 28.5. The van der Waals surface area contributed by atoms with E-state index in [1.54, 1.807) is 0 Å². The summed E-state index contributed by atoms with van der Waals surface area (Å²) in [5.74, 6) is 6.90. The molecular weight excluding hydrogens is 887 g/mol. The van der Waals surface area contributed by atoms with Crippen molar-refractivity contribution in [3.8, 4) is 0 Å². The molecule has 2 aliphatic rings. The first-order valence-corrected chi connectivity index (χ1v) is 31.7. The SMILES string of the molecule is CNCCSC(CCC1CCC(C(=O)OCCCCCCCCCCCCCCCCCCCCOC(=O)C2CCC(CCC(SCCN(C)C)C(C)C)C(SCCN(C)C)C2)CC1)C(C)C. The molecule has 396 valence electrons. The molecule has 2 rings (SSSR count). The first-order chi connectivity index (χ1) is 32.4. The van der Waals surface area contributed by atoms with Crippen molar-refractivity contribution in [1.82, 2.24) is 15.1 Å².